The lowest BCUT2D eigenvalue weighted by Crippen LogP contribution is -2.39. The van der Waals surface area contributed by atoms with E-state index >= 15 is 0 Å². The van der Waals surface area contributed by atoms with Gasteiger partial charge >= 0.3 is 0 Å². The van der Waals surface area contributed by atoms with Gasteiger partial charge in [0.1, 0.15) is 0 Å². The van der Waals surface area contributed by atoms with E-state index in [9.17, 15) is 9.59 Å². The van der Waals surface area contributed by atoms with Gasteiger partial charge in [-0.15, -0.1) is 0 Å². The van der Waals surface area contributed by atoms with Gasteiger partial charge in [-0.3, -0.25) is 14.7 Å². The highest BCUT2D eigenvalue weighted by molar-refractivity contribution is 6.37. The maximum atomic E-state index is 13.5. The number of aryl methyl sites for hydroxylation is 1. The van der Waals surface area contributed by atoms with Crippen molar-refractivity contribution in [3.05, 3.63) is 60.6 Å². The van der Waals surface area contributed by atoms with Crippen molar-refractivity contribution < 1.29 is 14.3 Å². The summed E-state index contributed by atoms with van der Waals surface area (Å²) in [6.45, 7) is 3.52. The van der Waals surface area contributed by atoms with Crippen LogP contribution < -0.4 is 5.56 Å². The van der Waals surface area contributed by atoms with Crippen molar-refractivity contribution in [2.75, 3.05) is 26.9 Å². The number of fused-ring (bicyclic) bond motifs is 2. The lowest BCUT2D eigenvalue weighted by Gasteiger charge is -2.35. The standard InChI is InChI=1S/C22H22Cl2N4O4/c1-10-19-14(6-25-27-19)15(21(29)26-10)7-28-4-3-12-16(23)5-13(18(24)17(12)22(28)30)20(31-2)11-8-32-9-11/h5-6,11,20H,3-4,7-9H2,1-2H3,(H,25,27)(H,26,29). The molecule has 1 atom stereocenters. The summed E-state index contributed by atoms with van der Waals surface area (Å²) in [7, 11) is 1.61. The van der Waals surface area contributed by atoms with Crippen molar-refractivity contribution in [2.45, 2.75) is 26.0 Å². The second-order valence-electron chi connectivity index (χ2n) is 8.26. The predicted molar refractivity (Wildman–Crippen MR) is 120 cm³/mol. The first-order valence-electron chi connectivity index (χ1n) is 10.4. The Kier molecular flexibility index (Phi) is 5.49. The monoisotopic (exact) mass is 476 g/mol. The second kappa shape index (κ2) is 8.19. The van der Waals surface area contributed by atoms with E-state index in [0.29, 0.717) is 64.0 Å². The molecular formula is C22H22Cl2N4O4. The molecule has 2 aliphatic heterocycles. The fraction of sp³-hybridized carbons (Fsp3) is 0.409. The van der Waals surface area contributed by atoms with Gasteiger partial charge in [-0.2, -0.15) is 5.10 Å². The van der Waals surface area contributed by atoms with Gasteiger partial charge in [-0.05, 0) is 25.0 Å². The summed E-state index contributed by atoms with van der Waals surface area (Å²) in [6, 6.07) is 1.80. The predicted octanol–water partition coefficient (Wildman–Crippen LogP) is 3.40. The fourth-order valence-electron chi connectivity index (χ4n) is 4.60. The number of hydrogen-bond acceptors (Lipinski definition) is 5. The molecule has 5 rings (SSSR count). The van der Waals surface area contributed by atoms with E-state index in [2.05, 4.69) is 15.2 Å². The first-order chi connectivity index (χ1) is 15.4. The first kappa shape index (κ1) is 21.5. The third-order valence-electron chi connectivity index (χ3n) is 6.39. The average molecular weight is 477 g/mol. The second-order valence-corrected chi connectivity index (χ2v) is 9.05. The number of hydrogen-bond donors (Lipinski definition) is 2. The molecule has 10 heteroatoms. The topological polar surface area (TPSA) is 100 Å². The van der Waals surface area contributed by atoms with Crippen molar-refractivity contribution in [1.82, 2.24) is 20.1 Å². The van der Waals surface area contributed by atoms with Gasteiger partial charge < -0.3 is 19.4 Å². The van der Waals surface area contributed by atoms with Crippen molar-refractivity contribution in [3.8, 4) is 0 Å². The van der Waals surface area contributed by atoms with Crippen LogP contribution in [0.5, 0.6) is 0 Å². The molecule has 0 radical (unpaired) electrons. The van der Waals surface area contributed by atoms with Gasteiger partial charge in [0.05, 0.1) is 48.2 Å². The zero-order valence-corrected chi connectivity index (χ0v) is 19.1. The van der Waals surface area contributed by atoms with Crippen LogP contribution in [0.15, 0.2) is 17.1 Å². The van der Waals surface area contributed by atoms with E-state index in [4.69, 9.17) is 32.7 Å². The molecule has 4 heterocycles. The average Bonchev–Trinajstić information content (AvgIpc) is 3.22. The lowest BCUT2D eigenvalue weighted by atomic mass is 9.89. The van der Waals surface area contributed by atoms with Crippen LogP contribution in [-0.2, 0) is 22.4 Å². The molecule has 1 fully saturated rings. The molecule has 1 aromatic carbocycles. The number of halogens is 2. The van der Waals surface area contributed by atoms with Gasteiger partial charge in [-0.25, -0.2) is 0 Å². The Morgan fingerprint density at radius 3 is 2.81 bits per heavy atom. The minimum atomic E-state index is -0.312. The number of ether oxygens (including phenoxy) is 2. The highest BCUT2D eigenvalue weighted by Gasteiger charge is 2.36. The summed E-state index contributed by atoms with van der Waals surface area (Å²) in [5, 5.41) is 8.51. The Morgan fingerprint density at radius 1 is 1.34 bits per heavy atom. The van der Waals surface area contributed by atoms with Crippen LogP contribution >= 0.6 is 23.2 Å². The van der Waals surface area contributed by atoms with Crippen LogP contribution in [0, 0.1) is 12.8 Å². The molecule has 1 unspecified atom stereocenters. The Bertz CT molecular complexity index is 1280. The highest BCUT2D eigenvalue weighted by Crippen LogP contribution is 2.42. The first-order valence-corrected chi connectivity index (χ1v) is 11.1. The van der Waals surface area contributed by atoms with E-state index in [1.54, 1.807) is 31.2 Å². The molecule has 32 heavy (non-hydrogen) atoms. The van der Waals surface area contributed by atoms with Crippen molar-refractivity contribution in [1.29, 1.82) is 0 Å². The third kappa shape index (κ3) is 3.33. The van der Waals surface area contributed by atoms with Crippen LogP contribution in [0.2, 0.25) is 10.0 Å². The number of H-pyrrole nitrogens is 2. The molecule has 2 aliphatic rings. The van der Waals surface area contributed by atoms with Crippen LogP contribution in [0.3, 0.4) is 0 Å². The smallest absolute Gasteiger partial charge is 0.256 e. The Labute approximate surface area is 193 Å². The quantitative estimate of drug-likeness (QED) is 0.587. The molecule has 0 saturated carbocycles. The Hall–Kier alpha value is -2.39. The van der Waals surface area contributed by atoms with E-state index in [-0.39, 0.29) is 30.0 Å². The van der Waals surface area contributed by atoms with E-state index in [1.807, 2.05) is 0 Å². The number of aromatic amines is 2. The number of methoxy groups -OCH3 is 1. The summed E-state index contributed by atoms with van der Waals surface area (Å²) in [5.74, 6) is -0.0989. The Balaban J connectivity index is 1.54. The number of rotatable bonds is 5. The molecule has 0 spiro atoms. The minimum Gasteiger partial charge on any atom is -0.380 e. The van der Waals surface area contributed by atoms with Crippen LogP contribution in [-0.4, -0.2) is 52.9 Å². The van der Waals surface area contributed by atoms with Gasteiger partial charge in [0, 0.05) is 46.8 Å². The summed E-state index contributed by atoms with van der Waals surface area (Å²) < 4.78 is 11.0. The molecule has 1 saturated heterocycles. The number of carbonyl (C=O) groups excluding carboxylic acids is 1. The zero-order valence-electron chi connectivity index (χ0n) is 17.6. The molecule has 168 valence electrons. The number of benzene rings is 1. The number of pyridine rings is 1. The number of carbonyl (C=O) groups is 1. The van der Waals surface area contributed by atoms with Gasteiger partial charge in [0.2, 0.25) is 0 Å². The highest BCUT2D eigenvalue weighted by atomic mass is 35.5. The number of aromatic nitrogens is 3. The number of nitrogens with one attached hydrogen (secondary N) is 2. The van der Waals surface area contributed by atoms with Gasteiger partial charge in [-0.1, -0.05) is 23.2 Å². The van der Waals surface area contributed by atoms with Gasteiger partial charge in [0.25, 0.3) is 11.5 Å². The summed E-state index contributed by atoms with van der Waals surface area (Å²) >= 11 is 13.4. The van der Waals surface area contributed by atoms with Crippen molar-refractivity contribution >= 4 is 40.0 Å². The molecule has 2 N–H and O–H groups in total. The lowest BCUT2D eigenvalue weighted by molar-refractivity contribution is -0.105. The van der Waals surface area contributed by atoms with Crippen LogP contribution in [0.1, 0.15) is 38.8 Å². The SMILES string of the molecule is COC(c1cc(Cl)c2c(c1Cl)C(=O)N(Cc1c(=O)[nH]c(C)c3[nH]ncc13)CC2)C1COC1. The largest absolute Gasteiger partial charge is 0.380 e. The third-order valence-corrected chi connectivity index (χ3v) is 7.14. The zero-order chi connectivity index (χ0) is 22.6. The van der Waals surface area contributed by atoms with Crippen LogP contribution in [0.25, 0.3) is 10.9 Å². The minimum absolute atomic E-state index is 0.145. The molecule has 0 aliphatic carbocycles. The van der Waals surface area contributed by atoms with E-state index in [0.717, 1.165) is 11.1 Å². The molecule has 8 nitrogen and oxygen atoms in total. The summed E-state index contributed by atoms with van der Waals surface area (Å²) in [5.41, 5.74) is 3.49. The molecule has 1 amide bonds. The summed E-state index contributed by atoms with van der Waals surface area (Å²) in [6.07, 6.45) is 1.84. The molecule has 2 aromatic heterocycles. The van der Waals surface area contributed by atoms with Crippen molar-refractivity contribution in [2.24, 2.45) is 5.92 Å². The van der Waals surface area contributed by atoms with Crippen molar-refractivity contribution in [3.63, 3.8) is 0 Å². The Morgan fingerprint density at radius 2 is 2.12 bits per heavy atom. The number of amides is 1. The molecule has 3 aromatic rings. The molecular weight excluding hydrogens is 455 g/mol. The van der Waals surface area contributed by atoms with E-state index in [1.165, 1.54) is 0 Å². The van der Waals surface area contributed by atoms with Crippen LogP contribution in [0.4, 0.5) is 0 Å². The maximum Gasteiger partial charge on any atom is 0.256 e. The van der Waals surface area contributed by atoms with E-state index < -0.39 is 0 Å². The summed E-state index contributed by atoms with van der Waals surface area (Å²) in [4.78, 5) is 30.7. The maximum absolute atomic E-state index is 13.5. The van der Waals surface area contributed by atoms with Gasteiger partial charge in [0.15, 0.2) is 0 Å². The normalized spacial score (nSPS) is 17.5. The molecule has 0 bridgehead atoms. The fourth-order valence-corrected chi connectivity index (χ4v) is 5.26. The number of nitrogens with zero attached hydrogens (tertiary/aromatic N) is 2.